The van der Waals surface area contributed by atoms with Gasteiger partial charge in [0.15, 0.2) is 0 Å². The average molecular weight is 499 g/mol. The molecule has 5 aromatic carbocycles. The van der Waals surface area contributed by atoms with Crippen molar-refractivity contribution in [2.45, 2.75) is 5.41 Å². The SMILES string of the molecule is COc1ccc(-c2c(N)ccc3c2C2(c4cc(N)ccc4O3)c3cc(N)ccc3-c3ccc(N)cc32)cc1. The minimum atomic E-state index is -0.821. The molecular weight excluding hydrogens is 472 g/mol. The Morgan fingerprint density at radius 1 is 0.605 bits per heavy atom. The lowest BCUT2D eigenvalue weighted by atomic mass is 9.64. The van der Waals surface area contributed by atoms with Crippen LogP contribution in [0.4, 0.5) is 22.7 Å². The fourth-order valence-electron chi connectivity index (χ4n) is 6.23. The smallest absolute Gasteiger partial charge is 0.133 e. The fourth-order valence-corrected chi connectivity index (χ4v) is 6.23. The van der Waals surface area contributed by atoms with Gasteiger partial charge in [-0.3, -0.25) is 0 Å². The summed E-state index contributed by atoms with van der Waals surface area (Å²) in [5.74, 6) is 2.20. The zero-order valence-corrected chi connectivity index (χ0v) is 20.8. The Balaban J connectivity index is 1.70. The van der Waals surface area contributed by atoms with E-state index in [1.54, 1.807) is 7.11 Å². The van der Waals surface area contributed by atoms with Crippen LogP contribution >= 0.6 is 0 Å². The van der Waals surface area contributed by atoms with Crippen molar-refractivity contribution in [1.82, 2.24) is 0 Å². The molecule has 0 aromatic heterocycles. The first-order chi connectivity index (χ1) is 18.4. The normalized spacial score (nSPS) is 13.7. The largest absolute Gasteiger partial charge is 0.497 e. The number of rotatable bonds is 2. The van der Waals surface area contributed by atoms with Crippen molar-refractivity contribution in [2.24, 2.45) is 0 Å². The first kappa shape index (κ1) is 22.1. The molecule has 1 aliphatic carbocycles. The summed E-state index contributed by atoms with van der Waals surface area (Å²) in [4.78, 5) is 0. The lowest BCUT2D eigenvalue weighted by Crippen LogP contribution is -2.33. The van der Waals surface area contributed by atoms with E-state index in [-0.39, 0.29) is 0 Å². The third-order valence-corrected chi connectivity index (χ3v) is 7.77. The van der Waals surface area contributed by atoms with Crippen LogP contribution in [0.5, 0.6) is 17.2 Å². The molecule has 0 radical (unpaired) electrons. The molecule has 0 bridgehead atoms. The molecule has 2 aliphatic rings. The quantitative estimate of drug-likeness (QED) is 0.212. The van der Waals surface area contributed by atoms with Crippen molar-refractivity contribution in [3.8, 4) is 39.5 Å². The summed E-state index contributed by atoms with van der Waals surface area (Å²) >= 11 is 0. The van der Waals surface area contributed by atoms with Gasteiger partial charge in [-0.25, -0.2) is 0 Å². The van der Waals surface area contributed by atoms with Crippen molar-refractivity contribution in [3.05, 3.63) is 113 Å². The number of ether oxygens (including phenoxy) is 2. The van der Waals surface area contributed by atoms with Crippen molar-refractivity contribution in [3.63, 3.8) is 0 Å². The summed E-state index contributed by atoms with van der Waals surface area (Å²) in [6.45, 7) is 0. The highest BCUT2D eigenvalue weighted by Gasteiger charge is 2.53. The van der Waals surface area contributed by atoms with Gasteiger partial charge in [-0.15, -0.1) is 0 Å². The maximum atomic E-state index is 6.79. The van der Waals surface area contributed by atoms with E-state index < -0.39 is 5.41 Å². The highest BCUT2D eigenvalue weighted by atomic mass is 16.5. The minimum Gasteiger partial charge on any atom is -0.497 e. The molecule has 38 heavy (non-hydrogen) atoms. The third-order valence-electron chi connectivity index (χ3n) is 7.77. The molecule has 1 spiro atoms. The molecule has 6 heteroatoms. The van der Waals surface area contributed by atoms with Crippen LogP contribution in [0, 0.1) is 0 Å². The number of nitrogen functional groups attached to an aromatic ring is 4. The minimum absolute atomic E-state index is 0.632. The second kappa shape index (κ2) is 7.70. The van der Waals surface area contributed by atoms with E-state index in [1.807, 2.05) is 66.7 Å². The maximum absolute atomic E-state index is 6.79. The first-order valence-corrected chi connectivity index (χ1v) is 12.4. The third kappa shape index (κ3) is 2.82. The number of anilines is 4. The molecule has 7 rings (SSSR count). The van der Waals surface area contributed by atoms with Crippen molar-refractivity contribution >= 4 is 22.7 Å². The predicted molar refractivity (Wildman–Crippen MR) is 153 cm³/mol. The number of benzene rings is 5. The van der Waals surface area contributed by atoms with E-state index in [1.165, 1.54) is 0 Å². The van der Waals surface area contributed by atoms with Crippen molar-refractivity contribution in [1.29, 1.82) is 0 Å². The number of hydrogen-bond donors (Lipinski definition) is 4. The highest BCUT2D eigenvalue weighted by Crippen LogP contribution is 2.65. The Kier molecular flexibility index (Phi) is 4.48. The summed E-state index contributed by atoms with van der Waals surface area (Å²) in [5.41, 5.74) is 35.8. The topological polar surface area (TPSA) is 123 Å². The summed E-state index contributed by atoms with van der Waals surface area (Å²) in [5, 5.41) is 0. The van der Waals surface area contributed by atoms with Crippen LogP contribution in [0.3, 0.4) is 0 Å². The van der Waals surface area contributed by atoms with Gasteiger partial charge in [0.2, 0.25) is 0 Å². The second-order valence-corrected chi connectivity index (χ2v) is 9.85. The van der Waals surface area contributed by atoms with Crippen LogP contribution in [-0.2, 0) is 5.41 Å². The number of methoxy groups -OCH3 is 1. The van der Waals surface area contributed by atoms with E-state index in [0.717, 1.165) is 56.0 Å². The van der Waals surface area contributed by atoms with E-state index >= 15 is 0 Å². The lowest BCUT2D eigenvalue weighted by molar-refractivity contribution is 0.415. The Hall–Kier alpha value is -5.10. The van der Waals surface area contributed by atoms with Gasteiger partial charge in [0.05, 0.1) is 12.5 Å². The molecule has 8 N–H and O–H groups in total. The molecule has 0 saturated heterocycles. The molecule has 1 heterocycles. The summed E-state index contributed by atoms with van der Waals surface area (Å²) in [6.07, 6.45) is 0. The van der Waals surface area contributed by atoms with E-state index in [0.29, 0.717) is 28.5 Å². The predicted octanol–water partition coefficient (Wildman–Crippen LogP) is 6.16. The number of nitrogens with two attached hydrogens (primary N) is 4. The lowest BCUT2D eigenvalue weighted by Gasteiger charge is -2.41. The van der Waals surface area contributed by atoms with Crippen molar-refractivity contribution in [2.75, 3.05) is 30.0 Å². The van der Waals surface area contributed by atoms with Gasteiger partial charge in [-0.2, -0.15) is 0 Å². The Bertz CT molecular complexity index is 1720. The molecule has 1 aliphatic heterocycles. The van der Waals surface area contributed by atoms with Crippen LogP contribution < -0.4 is 32.4 Å². The zero-order valence-electron chi connectivity index (χ0n) is 20.8. The Morgan fingerprint density at radius 2 is 1.16 bits per heavy atom. The summed E-state index contributed by atoms with van der Waals surface area (Å²) in [6, 6.07) is 29.6. The van der Waals surface area contributed by atoms with E-state index in [9.17, 15) is 0 Å². The summed E-state index contributed by atoms with van der Waals surface area (Å²) in [7, 11) is 1.65. The fraction of sp³-hybridized carbons (Fsp3) is 0.0625. The molecule has 5 aromatic rings. The molecule has 0 atom stereocenters. The van der Waals surface area contributed by atoms with E-state index in [2.05, 4.69) is 24.3 Å². The van der Waals surface area contributed by atoms with Gasteiger partial charge in [0.25, 0.3) is 0 Å². The van der Waals surface area contributed by atoms with E-state index in [4.69, 9.17) is 32.4 Å². The van der Waals surface area contributed by atoms with Crippen LogP contribution in [-0.4, -0.2) is 7.11 Å². The molecule has 0 unspecified atom stereocenters. The average Bonchev–Trinajstić information content (AvgIpc) is 3.19. The Morgan fingerprint density at radius 3 is 1.76 bits per heavy atom. The van der Waals surface area contributed by atoms with Gasteiger partial charge < -0.3 is 32.4 Å². The van der Waals surface area contributed by atoms with Crippen LogP contribution in [0.2, 0.25) is 0 Å². The van der Waals surface area contributed by atoms with Gasteiger partial charge >= 0.3 is 0 Å². The highest BCUT2D eigenvalue weighted by molar-refractivity contribution is 5.95. The van der Waals surface area contributed by atoms with Gasteiger partial charge in [0.1, 0.15) is 17.2 Å². The van der Waals surface area contributed by atoms with Gasteiger partial charge in [-0.1, -0.05) is 24.3 Å². The molecule has 0 saturated carbocycles. The van der Waals surface area contributed by atoms with Crippen LogP contribution in [0.25, 0.3) is 22.3 Å². The van der Waals surface area contributed by atoms with Crippen molar-refractivity contribution < 1.29 is 9.47 Å². The van der Waals surface area contributed by atoms with Crippen LogP contribution in [0.15, 0.2) is 91.0 Å². The molecular formula is C32H26N4O2. The summed E-state index contributed by atoms with van der Waals surface area (Å²) < 4.78 is 12.0. The molecule has 0 fully saturated rings. The molecule has 186 valence electrons. The van der Waals surface area contributed by atoms with Gasteiger partial charge in [-0.05, 0) is 94.5 Å². The molecule has 0 amide bonds. The number of fused-ring (bicyclic) bond motifs is 9. The van der Waals surface area contributed by atoms with Crippen LogP contribution in [0.1, 0.15) is 22.3 Å². The zero-order chi connectivity index (χ0) is 26.2. The van der Waals surface area contributed by atoms with Gasteiger partial charge in [0, 0.05) is 39.4 Å². The first-order valence-electron chi connectivity index (χ1n) is 12.4. The standard InChI is InChI=1S/C32H26N4O2/c1-37-21-7-2-17(3-8-21)30-27(36)11-13-29-31(30)32(26-16-20(35)6-12-28(26)38-29)24-14-18(33)4-9-22(24)23-10-5-19(34)15-25(23)32/h2-16H,33-36H2,1H3. The number of hydrogen-bond acceptors (Lipinski definition) is 6. The molecule has 6 nitrogen and oxygen atoms in total. The Labute approximate surface area is 220 Å². The second-order valence-electron chi connectivity index (χ2n) is 9.85. The monoisotopic (exact) mass is 498 g/mol. The maximum Gasteiger partial charge on any atom is 0.133 e.